The van der Waals surface area contributed by atoms with Gasteiger partial charge in [0.1, 0.15) is 0 Å². The average molecular weight is 187 g/mol. The summed E-state index contributed by atoms with van der Waals surface area (Å²) in [7, 11) is 0. The van der Waals surface area contributed by atoms with Crippen LogP contribution in [-0.4, -0.2) is 13.1 Å². The van der Waals surface area contributed by atoms with E-state index < -0.39 is 0 Å². The highest BCUT2D eigenvalue weighted by Crippen LogP contribution is 2.07. The van der Waals surface area contributed by atoms with Gasteiger partial charge >= 0.3 is 0 Å². The van der Waals surface area contributed by atoms with Gasteiger partial charge in [0.15, 0.2) is 0 Å². The van der Waals surface area contributed by atoms with Crippen LogP contribution < -0.4 is 5.32 Å². The van der Waals surface area contributed by atoms with Gasteiger partial charge in [0.05, 0.1) is 0 Å². The summed E-state index contributed by atoms with van der Waals surface area (Å²) in [5.74, 6) is 0. The molecular weight excluding hydrogens is 158 g/mol. The fraction of sp³-hybridized carbons (Fsp3) is 1.00. The molecule has 0 saturated heterocycles. The molecule has 1 heteroatoms. The van der Waals surface area contributed by atoms with Gasteiger partial charge in [-0.2, -0.15) is 0 Å². The molecule has 0 saturated carbocycles. The number of hydrogen-bond acceptors (Lipinski definition) is 1. The molecule has 0 aromatic heterocycles. The molecule has 0 aliphatic heterocycles. The summed E-state index contributed by atoms with van der Waals surface area (Å²) in [6, 6.07) is 0. The van der Waals surface area contributed by atoms with Gasteiger partial charge in [0.2, 0.25) is 0 Å². The molecule has 0 unspecified atom stereocenters. The van der Waals surface area contributed by atoms with E-state index in [1.165, 1.54) is 57.9 Å². The third-order valence-electron chi connectivity index (χ3n) is 2.46. The zero-order chi connectivity index (χ0) is 9.78. The largest absolute Gasteiger partial charge is 0.317 e. The van der Waals surface area contributed by atoms with Gasteiger partial charge in [0, 0.05) is 1.43 Å². The lowest BCUT2D eigenvalue weighted by Crippen LogP contribution is -2.13. The predicted octanol–water partition coefficient (Wildman–Crippen LogP) is 3.98. The Bertz CT molecular complexity index is 76.4. The van der Waals surface area contributed by atoms with Crippen molar-refractivity contribution in [2.45, 2.75) is 65.2 Å². The first-order valence-electron chi connectivity index (χ1n) is 6.12. The zero-order valence-corrected chi connectivity index (χ0v) is 9.57. The number of nitrogens with one attached hydrogen (secondary N) is 1. The van der Waals surface area contributed by atoms with Gasteiger partial charge in [-0.25, -0.2) is 0 Å². The third kappa shape index (κ3) is 12.0. The lowest BCUT2D eigenvalue weighted by atomic mass is 10.1. The minimum atomic E-state index is 0. The fourth-order valence-electron chi connectivity index (χ4n) is 1.56. The van der Waals surface area contributed by atoms with E-state index >= 15 is 0 Å². The van der Waals surface area contributed by atoms with E-state index in [2.05, 4.69) is 19.2 Å². The van der Waals surface area contributed by atoms with Crippen LogP contribution in [-0.2, 0) is 0 Å². The normalized spacial score (nSPS) is 10.6. The van der Waals surface area contributed by atoms with E-state index in [1.807, 2.05) is 0 Å². The van der Waals surface area contributed by atoms with Gasteiger partial charge in [-0.05, 0) is 19.5 Å². The molecule has 0 aromatic rings. The van der Waals surface area contributed by atoms with Gasteiger partial charge in [-0.15, -0.1) is 0 Å². The van der Waals surface area contributed by atoms with Crippen molar-refractivity contribution in [2.75, 3.05) is 13.1 Å². The molecule has 0 bridgehead atoms. The minimum Gasteiger partial charge on any atom is -0.317 e. The Morgan fingerprint density at radius 1 is 0.769 bits per heavy atom. The first-order valence-corrected chi connectivity index (χ1v) is 6.12. The Kier molecular flexibility index (Phi) is 11.9. The van der Waals surface area contributed by atoms with E-state index in [0.717, 1.165) is 6.54 Å². The second-order valence-electron chi connectivity index (χ2n) is 3.83. The molecule has 0 fully saturated rings. The molecule has 82 valence electrons. The molecule has 1 nitrogen and oxygen atoms in total. The molecule has 0 rings (SSSR count). The lowest BCUT2D eigenvalue weighted by Gasteiger charge is -2.01. The summed E-state index contributed by atoms with van der Waals surface area (Å²) in [6.45, 7) is 6.78. The molecule has 0 amide bonds. The van der Waals surface area contributed by atoms with Crippen molar-refractivity contribution in [3.05, 3.63) is 0 Å². The minimum absolute atomic E-state index is 0. The zero-order valence-electron chi connectivity index (χ0n) is 9.57. The van der Waals surface area contributed by atoms with Gasteiger partial charge < -0.3 is 5.32 Å². The summed E-state index contributed by atoms with van der Waals surface area (Å²) >= 11 is 0. The predicted molar refractivity (Wildman–Crippen MR) is 63.3 cm³/mol. The average Bonchev–Trinajstić information content (AvgIpc) is 2.16. The van der Waals surface area contributed by atoms with Crippen molar-refractivity contribution in [3.63, 3.8) is 0 Å². The lowest BCUT2D eigenvalue weighted by molar-refractivity contribution is 0.560. The van der Waals surface area contributed by atoms with Crippen LogP contribution in [0.4, 0.5) is 0 Å². The van der Waals surface area contributed by atoms with Crippen molar-refractivity contribution in [2.24, 2.45) is 0 Å². The molecule has 0 spiro atoms. The van der Waals surface area contributed by atoms with Crippen LogP contribution in [0.1, 0.15) is 66.6 Å². The summed E-state index contributed by atoms with van der Waals surface area (Å²) in [5, 5.41) is 3.36. The molecular formula is C12H29N. The molecule has 13 heavy (non-hydrogen) atoms. The van der Waals surface area contributed by atoms with Gasteiger partial charge in [-0.3, -0.25) is 0 Å². The molecule has 0 aromatic carbocycles. The van der Waals surface area contributed by atoms with Crippen LogP contribution >= 0.6 is 0 Å². The quantitative estimate of drug-likeness (QED) is 0.510. The summed E-state index contributed by atoms with van der Waals surface area (Å²) in [5.41, 5.74) is 0. The topological polar surface area (TPSA) is 12.0 Å². The van der Waals surface area contributed by atoms with Crippen molar-refractivity contribution >= 4 is 0 Å². The molecule has 0 aliphatic rings. The Morgan fingerprint density at radius 3 is 1.85 bits per heavy atom. The molecule has 0 atom stereocenters. The van der Waals surface area contributed by atoms with E-state index in [-0.39, 0.29) is 1.43 Å². The summed E-state index contributed by atoms with van der Waals surface area (Å²) in [6.07, 6.45) is 11.4. The monoisotopic (exact) mass is 187 g/mol. The Balaban J connectivity index is 0. The van der Waals surface area contributed by atoms with E-state index in [4.69, 9.17) is 0 Å². The highest BCUT2D eigenvalue weighted by Gasteiger charge is 1.90. The second kappa shape index (κ2) is 12.0. The fourth-order valence-corrected chi connectivity index (χ4v) is 1.56. The summed E-state index contributed by atoms with van der Waals surface area (Å²) < 4.78 is 0. The number of unbranched alkanes of at least 4 members (excludes halogenated alkanes) is 7. The maximum atomic E-state index is 3.36. The highest BCUT2D eigenvalue weighted by atomic mass is 14.8. The Labute approximate surface area is 85.8 Å². The highest BCUT2D eigenvalue weighted by molar-refractivity contribution is 4.48. The van der Waals surface area contributed by atoms with Crippen LogP contribution in [0.2, 0.25) is 0 Å². The van der Waals surface area contributed by atoms with E-state index in [1.54, 1.807) is 0 Å². The van der Waals surface area contributed by atoms with Crippen molar-refractivity contribution < 1.29 is 1.43 Å². The Morgan fingerprint density at radius 2 is 1.31 bits per heavy atom. The van der Waals surface area contributed by atoms with Gasteiger partial charge in [0.25, 0.3) is 0 Å². The van der Waals surface area contributed by atoms with Crippen molar-refractivity contribution in [3.8, 4) is 0 Å². The van der Waals surface area contributed by atoms with Crippen molar-refractivity contribution in [1.82, 2.24) is 5.32 Å². The van der Waals surface area contributed by atoms with E-state index in [0.29, 0.717) is 0 Å². The number of rotatable bonds is 10. The SMILES string of the molecule is CCCCCCCCCCNCC.[HH]. The summed E-state index contributed by atoms with van der Waals surface area (Å²) in [4.78, 5) is 0. The first kappa shape index (κ1) is 13.0. The van der Waals surface area contributed by atoms with Crippen LogP contribution in [0.3, 0.4) is 0 Å². The molecule has 1 N–H and O–H groups in total. The molecule has 0 aliphatic carbocycles. The first-order chi connectivity index (χ1) is 6.41. The maximum absolute atomic E-state index is 3.36. The maximum Gasteiger partial charge on any atom is 0 e. The van der Waals surface area contributed by atoms with Crippen LogP contribution in [0.25, 0.3) is 0 Å². The smallest absolute Gasteiger partial charge is 0 e. The van der Waals surface area contributed by atoms with Crippen LogP contribution in [0.15, 0.2) is 0 Å². The van der Waals surface area contributed by atoms with E-state index in [9.17, 15) is 0 Å². The number of hydrogen-bond donors (Lipinski definition) is 1. The Hall–Kier alpha value is -0.0400. The standard InChI is InChI=1S/C12H27N.H2/c1-3-5-6-7-8-9-10-11-12-13-4-2;/h13H,3-12H2,1-2H3;1H. The molecule has 0 radical (unpaired) electrons. The second-order valence-corrected chi connectivity index (χ2v) is 3.83. The van der Waals surface area contributed by atoms with Crippen molar-refractivity contribution in [1.29, 1.82) is 0 Å². The van der Waals surface area contributed by atoms with Gasteiger partial charge in [-0.1, -0.05) is 58.8 Å². The van der Waals surface area contributed by atoms with Crippen LogP contribution in [0.5, 0.6) is 0 Å². The van der Waals surface area contributed by atoms with Crippen LogP contribution in [0, 0.1) is 0 Å². The third-order valence-corrected chi connectivity index (χ3v) is 2.46. The molecule has 0 heterocycles.